The molecule has 2 aromatic carbocycles. The van der Waals surface area contributed by atoms with Crippen LogP contribution < -0.4 is 3.53 Å². The first kappa shape index (κ1) is 21.2. The van der Waals surface area contributed by atoms with Gasteiger partial charge in [-0.05, 0) is 42.2 Å². The van der Waals surface area contributed by atoms with Crippen LogP contribution in [0.5, 0.6) is 0 Å². The number of nitrogens with zero attached hydrogens (tertiary/aromatic N) is 1. The first-order valence-electron chi connectivity index (χ1n) is 8.82. The molecule has 4 rings (SSSR count). The number of imidazole rings is 1. The van der Waals surface area contributed by atoms with Gasteiger partial charge in [0.1, 0.15) is 5.82 Å². The van der Waals surface area contributed by atoms with Crippen LogP contribution in [0.25, 0.3) is 11.3 Å². The van der Waals surface area contributed by atoms with E-state index in [1.807, 2.05) is 47.1 Å². The van der Waals surface area contributed by atoms with Gasteiger partial charge in [0.15, 0.2) is 0 Å². The number of hydrogen-bond acceptors (Lipinski definition) is 2. The van der Waals surface area contributed by atoms with Crippen molar-refractivity contribution in [2.45, 2.75) is 30.7 Å². The molecule has 0 aliphatic heterocycles. The van der Waals surface area contributed by atoms with Gasteiger partial charge in [0.05, 0.1) is 28.6 Å². The number of aromatic amines is 1. The predicted octanol–water partition coefficient (Wildman–Crippen LogP) is 6.05. The number of H-pyrrole nitrogens is 1. The van der Waals surface area contributed by atoms with Gasteiger partial charge in [-0.25, -0.2) is 8.51 Å². The highest BCUT2D eigenvalue weighted by molar-refractivity contribution is 14.1. The quantitative estimate of drug-likeness (QED) is 0.243. The Hall–Kier alpha value is -2.08. The minimum atomic E-state index is -4.91. The SMILES string of the molecule is FC(F)(F)c1cc(-c2cnc(C3(NI)Cc4ccccc4C3)[nH]2)cc(C(F)(F)F)c1. The van der Waals surface area contributed by atoms with Crippen molar-refractivity contribution in [3.63, 3.8) is 0 Å². The first-order valence-corrected chi connectivity index (χ1v) is 9.90. The largest absolute Gasteiger partial charge is 0.416 e. The molecule has 30 heavy (non-hydrogen) atoms. The summed E-state index contributed by atoms with van der Waals surface area (Å²) in [5, 5.41) is 0. The molecule has 1 heterocycles. The highest BCUT2D eigenvalue weighted by atomic mass is 127. The lowest BCUT2D eigenvalue weighted by molar-refractivity contribution is -0.143. The number of alkyl halides is 6. The highest BCUT2D eigenvalue weighted by Crippen LogP contribution is 2.40. The summed E-state index contributed by atoms with van der Waals surface area (Å²) in [6.45, 7) is 0. The topological polar surface area (TPSA) is 40.7 Å². The van der Waals surface area contributed by atoms with Crippen molar-refractivity contribution in [3.8, 4) is 11.3 Å². The fourth-order valence-corrected chi connectivity index (χ4v) is 4.35. The standard InChI is InChI=1S/C20H14F6IN3/c21-19(22,23)14-5-13(6-15(7-14)20(24,25)26)16-10-28-17(29-16)18(30-27)8-11-3-1-2-4-12(11)9-18/h1-7,10,30H,8-9H2,(H,28,29). The number of rotatable bonds is 3. The Bertz CT molecular complexity index is 1030. The maximum absolute atomic E-state index is 13.2. The zero-order valence-electron chi connectivity index (χ0n) is 15.1. The Morgan fingerprint density at radius 3 is 1.90 bits per heavy atom. The van der Waals surface area contributed by atoms with Gasteiger partial charge in [-0.15, -0.1) is 0 Å². The molecule has 3 nitrogen and oxygen atoms in total. The minimum absolute atomic E-state index is 0.0866. The fraction of sp³-hybridized carbons (Fsp3) is 0.250. The smallest absolute Gasteiger partial charge is 0.340 e. The predicted molar refractivity (Wildman–Crippen MR) is 107 cm³/mol. The molecule has 3 aromatic rings. The van der Waals surface area contributed by atoms with Crippen molar-refractivity contribution in [1.82, 2.24) is 13.5 Å². The van der Waals surface area contributed by atoms with Crippen molar-refractivity contribution in [3.05, 3.63) is 76.7 Å². The summed E-state index contributed by atoms with van der Waals surface area (Å²) in [6.07, 6.45) is -7.36. The molecule has 0 saturated carbocycles. The highest BCUT2D eigenvalue weighted by Gasteiger charge is 2.41. The summed E-state index contributed by atoms with van der Waals surface area (Å²) in [5.41, 5.74) is -1.27. The second kappa shape index (κ2) is 7.26. The van der Waals surface area contributed by atoms with E-state index in [1.165, 1.54) is 6.20 Å². The third-order valence-corrected chi connectivity index (χ3v) is 6.24. The van der Waals surface area contributed by atoms with Crippen molar-refractivity contribution < 1.29 is 26.3 Å². The maximum Gasteiger partial charge on any atom is 0.416 e. The Balaban J connectivity index is 1.76. The summed E-state index contributed by atoms with van der Waals surface area (Å²) in [7, 11) is 0. The number of halogens is 7. The molecule has 0 bridgehead atoms. The van der Waals surface area contributed by atoms with Crippen LogP contribution >= 0.6 is 22.9 Å². The Labute approximate surface area is 181 Å². The molecule has 1 aliphatic rings. The fourth-order valence-electron chi connectivity index (χ4n) is 3.72. The molecule has 2 N–H and O–H groups in total. The molecule has 0 atom stereocenters. The van der Waals surface area contributed by atoms with E-state index in [9.17, 15) is 26.3 Å². The molecule has 1 aliphatic carbocycles. The number of nitrogens with one attached hydrogen (secondary N) is 2. The summed E-state index contributed by atoms with van der Waals surface area (Å²) >= 11 is 1.99. The molecule has 0 fully saturated rings. The van der Waals surface area contributed by atoms with Crippen LogP contribution in [0.4, 0.5) is 26.3 Å². The molecular formula is C20H14F6IN3. The van der Waals surface area contributed by atoms with Gasteiger partial charge >= 0.3 is 12.4 Å². The first-order chi connectivity index (χ1) is 14.0. The minimum Gasteiger partial charge on any atom is -0.340 e. The zero-order valence-corrected chi connectivity index (χ0v) is 17.3. The second-order valence-corrected chi connectivity index (χ2v) is 7.78. The van der Waals surface area contributed by atoms with Gasteiger partial charge in [-0.2, -0.15) is 26.3 Å². The average molecular weight is 537 g/mol. The van der Waals surface area contributed by atoms with Crippen LogP contribution in [0, 0.1) is 0 Å². The van der Waals surface area contributed by atoms with Gasteiger partial charge in [0, 0.05) is 28.4 Å². The molecular weight excluding hydrogens is 523 g/mol. The van der Waals surface area contributed by atoms with Crippen molar-refractivity contribution in [2.75, 3.05) is 0 Å². The van der Waals surface area contributed by atoms with Crippen molar-refractivity contribution >= 4 is 22.9 Å². The van der Waals surface area contributed by atoms with E-state index in [-0.39, 0.29) is 17.3 Å². The lowest BCUT2D eigenvalue weighted by atomic mass is 9.96. The molecule has 158 valence electrons. The summed E-state index contributed by atoms with van der Waals surface area (Å²) in [5.74, 6) is 0.453. The molecule has 0 amide bonds. The Morgan fingerprint density at radius 1 is 0.900 bits per heavy atom. The number of fused-ring (bicyclic) bond motifs is 1. The zero-order chi connectivity index (χ0) is 21.7. The summed E-state index contributed by atoms with van der Waals surface area (Å²) in [4.78, 5) is 7.24. The van der Waals surface area contributed by atoms with E-state index in [2.05, 4.69) is 13.5 Å². The van der Waals surface area contributed by atoms with Crippen LogP contribution in [0.2, 0.25) is 0 Å². The van der Waals surface area contributed by atoms with E-state index in [0.29, 0.717) is 30.8 Å². The van der Waals surface area contributed by atoms with E-state index < -0.39 is 29.0 Å². The van der Waals surface area contributed by atoms with Gasteiger partial charge < -0.3 is 4.98 Å². The lowest BCUT2D eigenvalue weighted by Crippen LogP contribution is -2.38. The molecule has 0 unspecified atom stereocenters. The van der Waals surface area contributed by atoms with Crippen LogP contribution in [-0.4, -0.2) is 9.97 Å². The molecule has 0 spiro atoms. The number of aromatic nitrogens is 2. The molecule has 10 heteroatoms. The van der Waals surface area contributed by atoms with E-state index in [0.717, 1.165) is 11.1 Å². The summed E-state index contributed by atoms with van der Waals surface area (Å²) in [6, 6.07) is 9.30. The number of benzene rings is 2. The van der Waals surface area contributed by atoms with Crippen LogP contribution in [0.3, 0.4) is 0 Å². The Kier molecular flexibility index (Phi) is 5.12. The van der Waals surface area contributed by atoms with Gasteiger partial charge in [0.2, 0.25) is 0 Å². The summed E-state index contributed by atoms with van der Waals surface area (Å²) < 4.78 is 82.2. The maximum atomic E-state index is 13.2. The average Bonchev–Trinajstić information content (AvgIpc) is 3.31. The van der Waals surface area contributed by atoms with Crippen LogP contribution in [0.1, 0.15) is 28.1 Å². The van der Waals surface area contributed by atoms with Gasteiger partial charge in [-0.1, -0.05) is 24.3 Å². The van der Waals surface area contributed by atoms with E-state index >= 15 is 0 Å². The lowest BCUT2D eigenvalue weighted by Gasteiger charge is -2.25. The Morgan fingerprint density at radius 2 is 1.43 bits per heavy atom. The molecule has 1 aromatic heterocycles. The molecule has 0 saturated heterocycles. The third kappa shape index (κ3) is 3.82. The molecule has 0 radical (unpaired) electrons. The van der Waals surface area contributed by atoms with Crippen molar-refractivity contribution in [2.24, 2.45) is 0 Å². The van der Waals surface area contributed by atoms with Gasteiger partial charge in [0.25, 0.3) is 0 Å². The van der Waals surface area contributed by atoms with Crippen LogP contribution in [0.15, 0.2) is 48.7 Å². The third-order valence-electron chi connectivity index (χ3n) is 5.21. The number of hydrogen-bond donors (Lipinski definition) is 2. The second-order valence-electron chi connectivity index (χ2n) is 7.24. The monoisotopic (exact) mass is 537 g/mol. The van der Waals surface area contributed by atoms with Crippen molar-refractivity contribution in [1.29, 1.82) is 0 Å². The van der Waals surface area contributed by atoms with Gasteiger partial charge in [-0.3, -0.25) is 0 Å². The normalized spacial score (nSPS) is 16.0. The van der Waals surface area contributed by atoms with E-state index in [1.54, 1.807) is 0 Å². The van der Waals surface area contributed by atoms with E-state index in [4.69, 9.17) is 0 Å². The van der Waals surface area contributed by atoms with Crippen LogP contribution in [-0.2, 0) is 30.7 Å².